The van der Waals surface area contributed by atoms with Crippen LogP contribution in [0.15, 0.2) is 54.7 Å². The van der Waals surface area contributed by atoms with Crippen LogP contribution in [0.25, 0.3) is 22.6 Å². The smallest absolute Gasteiger partial charge is 0.221 e. The minimum Gasteiger partial charge on any atom is -0.368 e. The molecule has 0 radical (unpaired) electrons. The molecular weight excluding hydrogens is 436 g/mol. The second-order valence-corrected chi connectivity index (χ2v) is 9.24. The zero-order valence-corrected chi connectivity index (χ0v) is 20.4. The fraction of sp³-hybridized carbons (Fsp3) is 0.370. The van der Waals surface area contributed by atoms with Gasteiger partial charge in [0, 0.05) is 5.56 Å². The van der Waals surface area contributed by atoms with Crippen molar-refractivity contribution >= 4 is 5.95 Å². The molecule has 1 atom stereocenters. The van der Waals surface area contributed by atoms with E-state index in [1.54, 1.807) is 4.68 Å². The Morgan fingerprint density at radius 1 is 0.914 bits per heavy atom. The van der Waals surface area contributed by atoms with E-state index in [1.807, 2.05) is 30.5 Å². The third-order valence-corrected chi connectivity index (χ3v) is 6.57. The van der Waals surface area contributed by atoms with Crippen molar-refractivity contribution in [2.75, 3.05) is 18.8 Å². The molecular formula is C27H32N8. The highest BCUT2D eigenvalue weighted by molar-refractivity contribution is 5.67. The molecule has 0 saturated carbocycles. The normalized spacial score (nSPS) is 15.3. The van der Waals surface area contributed by atoms with Crippen molar-refractivity contribution in [3.8, 4) is 22.6 Å². The number of aromatic nitrogens is 6. The molecule has 0 amide bonds. The number of likely N-dealkylation sites (tertiary alicyclic amines) is 1. The number of anilines is 1. The lowest BCUT2D eigenvalue weighted by molar-refractivity contribution is 0.156. The highest BCUT2D eigenvalue weighted by Crippen LogP contribution is 2.27. The minimum absolute atomic E-state index is 0.214. The summed E-state index contributed by atoms with van der Waals surface area (Å²) < 4.78 is 1.80. The van der Waals surface area contributed by atoms with Gasteiger partial charge in [-0.05, 0) is 63.5 Å². The van der Waals surface area contributed by atoms with E-state index in [0.717, 1.165) is 47.7 Å². The van der Waals surface area contributed by atoms with E-state index >= 15 is 0 Å². The fourth-order valence-electron chi connectivity index (χ4n) is 4.86. The van der Waals surface area contributed by atoms with Gasteiger partial charge >= 0.3 is 0 Å². The Hall–Kier alpha value is -3.65. The Labute approximate surface area is 206 Å². The standard InChI is InChI=1S/C27H32N8/c1-3-26(34-13-5-4-6-14-34)22-12-8-11-21(29-22)17-35-18-25(32-33-35)24-16-23(30-27(28)31-24)20-10-7-9-19(2)15-20/h7-12,15-16,18,26H,3-6,13-14,17H2,1-2H3,(H2,28,30,31)/t26-/m0/s1. The van der Waals surface area contributed by atoms with Crippen LogP contribution in [0.5, 0.6) is 0 Å². The van der Waals surface area contributed by atoms with Crippen LogP contribution in [0.3, 0.4) is 0 Å². The predicted octanol–water partition coefficient (Wildman–Crippen LogP) is 4.67. The second-order valence-electron chi connectivity index (χ2n) is 9.24. The molecule has 4 heterocycles. The zero-order chi connectivity index (χ0) is 24.2. The number of hydrogen-bond acceptors (Lipinski definition) is 7. The average molecular weight is 469 g/mol. The van der Waals surface area contributed by atoms with Gasteiger partial charge in [-0.3, -0.25) is 9.88 Å². The first-order valence-corrected chi connectivity index (χ1v) is 12.4. The van der Waals surface area contributed by atoms with Crippen molar-refractivity contribution in [1.29, 1.82) is 0 Å². The van der Waals surface area contributed by atoms with Crippen molar-refractivity contribution in [1.82, 2.24) is 34.8 Å². The summed E-state index contributed by atoms with van der Waals surface area (Å²) in [6.07, 6.45) is 6.83. The number of benzene rings is 1. The van der Waals surface area contributed by atoms with E-state index in [0.29, 0.717) is 24.0 Å². The molecule has 1 aliphatic rings. The molecule has 8 heteroatoms. The van der Waals surface area contributed by atoms with Crippen LogP contribution in [0.4, 0.5) is 5.95 Å². The lowest BCUT2D eigenvalue weighted by Gasteiger charge is -2.33. The highest BCUT2D eigenvalue weighted by Gasteiger charge is 2.22. The van der Waals surface area contributed by atoms with Gasteiger partial charge in [-0.1, -0.05) is 48.4 Å². The van der Waals surface area contributed by atoms with Crippen LogP contribution in [0.2, 0.25) is 0 Å². The van der Waals surface area contributed by atoms with Crippen molar-refractivity contribution < 1.29 is 0 Å². The molecule has 0 spiro atoms. The van der Waals surface area contributed by atoms with Crippen LogP contribution in [-0.4, -0.2) is 47.9 Å². The molecule has 2 N–H and O–H groups in total. The Morgan fingerprint density at radius 2 is 1.71 bits per heavy atom. The summed E-state index contributed by atoms with van der Waals surface area (Å²) in [5.74, 6) is 0.214. The zero-order valence-electron chi connectivity index (χ0n) is 20.4. The first-order chi connectivity index (χ1) is 17.1. The molecule has 1 saturated heterocycles. The number of nitrogens with two attached hydrogens (primary N) is 1. The molecule has 0 unspecified atom stereocenters. The fourth-order valence-corrected chi connectivity index (χ4v) is 4.86. The van der Waals surface area contributed by atoms with Crippen molar-refractivity contribution in [3.05, 3.63) is 71.7 Å². The number of nitrogens with zero attached hydrogens (tertiary/aromatic N) is 7. The van der Waals surface area contributed by atoms with E-state index in [4.69, 9.17) is 10.7 Å². The first-order valence-electron chi connectivity index (χ1n) is 12.4. The Kier molecular flexibility index (Phi) is 6.81. The third-order valence-electron chi connectivity index (χ3n) is 6.57. The predicted molar refractivity (Wildman–Crippen MR) is 137 cm³/mol. The van der Waals surface area contributed by atoms with Gasteiger partial charge in [0.25, 0.3) is 0 Å². The minimum atomic E-state index is 0.214. The van der Waals surface area contributed by atoms with E-state index in [-0.39, 0.29) is 5.95 Å². The summed E-state index contributed by atoms with van der Waals surface area (Å²) in [6, 6.07) is 16.7. The van der Waals surface area contributed by atoms with E-state index in [1.165, 1.54) is 19.3 Å². The maximum Gasteiger partial charge on any atom is 0.221 e. The van der Waals surface area contributed by atoms with Crippen LogP contribution in [0, 0.1) is 6.92 Å². The molecule has 35 heavy (non-hydrogen) atoms. The maximum atomic E-state index is 6.03. The average Bonchev–Trinajstić information content (AvgIpc) is 3.34. The summed E-state index contributed by atoms with van der Waals surface area (Å²) in [4.78, 5) is 16.4. The monoisotopic (exact) mass is 468 g/mol. The molecule has 8 nitrogen and oxygen atoms in total. The quantitative estimate of drug-likeness (QED) is 0.421. The molecule has 5 rings (SSSR count). The first kappa shape index (κ1) is 23.1. The summed E-state index contributed by atoms with van der Waals surface area (Å²) in [6.45, 7) is 7.16. The van der Waals surface area contributed by atoms with Crippen molar-refractivity contribution in [3.63, 3.8) is 0 Å². The van der Waals surface area contributed by atoms with Crippen molar-refractivity contribution in [2.24, 2.45) is 0 Å². The number of hydrogen-bond donors (Lipinski definition) is 1. The molecule has 0 aliphatic carbocycles. The van der Waals surface area contributed by atoms with Gasteiger partial charge in [0.15, 0.2) is 0 Å². The van der Waals surface area contributed by atoms with E-state index in [2.05, 4.69) is 63.3 Å². The topological polar surface area (TPSA) is 98.6 Å². The van der Waals surface area contributed by atoms with Crippen LogP contribution >= 0.6 is 0 Å². The van der Waals surface area contributed by atoms with Crippen LogP contribution < -0.4 is 5.73 Å². The second kappa shape index (κ2) is 10.3. The summed E-state index contributed by atoms with van der Waals surface area (Å²) in [7, 11) is 0. The number of aryl methyl sites for hydroxylation is 1. The van der Waals surface area contributed by atoms with Gasteiger partial charge in [0.1, 0.15) is 5.69 Å². The number of piperidine rings is 1. The summed E-state index contributed by atoms with van der Waals surface area (Å²) in [5, 5.41) is 8.69. The molecule has 180 valence electrons. The molecule has 1 aromatic carbocycles. The largest absolute Gasteiger partial charge is 0.368 e. The third kappa shape index (κ3) is 5.38. The molecule has 1 aliphatic heterocycles. The molecule has 3 aromatic heterocycles. The van der Waals surface area contributed by atoms with Gasteiger partial charge < -0.3 is 5.73 Å². The van der Waals surface area contributed by atoms with Crippen LogP contribution in [-0.2, 0) is 6.54 Å². The molecule has 0 bridgehead atoms. The summed E-state index contributed by atoms with van der Waals surface area (Å²) >= 11 is 0. The number of pyridine rings is 1. The van der Waals surface area contributed by atoms with Gasteiger partial charge in [0.05, 0.1) is 41.6 Å². The Morgan fingerprint density at radius 3 is 2.51 bits per heavy atom. The Balaban J connectivity index is 1.36. The number of rotatable bonds is 7. The van der Waals surface area contributed by atoms with Gasteiger partial charge in [-0.15, -0.1) is 5.10 Å². The lowest BCUT2D eigenvalue weighted by Crippen LogP contribution is -2.34. The van der Waals surface area contributed by atoms with Gasteiger partial charge in [0.2, 0.25) is 5.95 Å². The van der Waals surface area contributed by atoms with Gasteiger partial charge in [-0.25, -0.2) is 14.6 Å². The molecule has 1 fully saturated rings. The Bertz CT molecular complexity index is 1290. The highest BCUT2D eigenvalue weighted by atomic mass is 15.4. The lowest BCUT2D eigenvalue weighted by atomic mass is 10.0. The van der Waals surface area contributed by atoms with Crippen molar-refractivity contribution in [2.45, 2.75) is 52.1 Å². The van der Waals surface area contributed by atoms with E-state index < -0.39 is 0 Å². The maximum absolute atomic E-state index is 6.03. The van der Waals surface area contributed by atoms with E-state index in [9.17, 15) is 0 Å². The molecule has 4 aromatic rings. The summed E-state index contributed by atoms with van der Waals surface area (Å²) in [5.41, 5.74) is 12.4. The van der Waals surface area contributed by atoms with Crippen LogP contribution in [0.1, 0.15) is 55.6 Å². The number of nitrogen functional groups attached to an aromatic ring is 1. The van der Waals surface area contributed by atoms with Gasteiger partial charge in [-0.2, -0.15) is 0 Å². The SMILES string of the molecule is CC[C@@H](c1cccc(Cn2cc(-c3cc(-c4cccc(C)c4)nc(N)n3)nn2)n1)N1CCCCC1.